The van der Waals surface area contributed by atoms with E-state index in [4.69, 9.17) is 0 Å². The molecule has 0 unspecified atom stereocenters. The molecule has 0 spiro atoms. The Labute approximate surface area is 136 Å². The van der Waals surface area contributed by atoms with Gasteiger partial charge in [0.1, 0.15) is 9.35 Å². The zero-order valence-electron chi connectivity index (χ0n) is 12.0. The van der Waals surface area contributed by atoms with Crippen molar-refractivity contribution in [3.63, 3.8) is 0 Å². The van der Waals surface area contributed by atoms with Gasteiger partial charge in [0.2, 0.25) is 0 Å². The number of nitrogens with zero attached hydrogens (tertiary/aromatic N) is 2. The molecule has 0 saturated heterocycles. The quantitative estimate of drug-likeness (QED) is 0.597. The third-order valence-corrected chi connectivity index (χ3v) is 5.75. The van der Waals surface area contributed by atoms with Crippen LogP contribution in [0.15, 0.2) is 22.1 Å². The summed E-state index contributed by atoms with van der Waals surface area (Å²) in [5.41, 5.74) is 0. The van der Waals surface area contributed by atoms with E-state index in [9.17, 15) is 4.79 Å². The molecule has 0 aliphatic rings. The molecule has 1 atom stereocenters. The molecule has 5 nitrogen and oxygen atoms in total. The van der Waals surface area contributed by atoms with Crippen LogP contribution in [0.4, 0.5) is 4.79 Å². The van der Waals surface area contributed by atoms with Crippen LogP contribution in [0.1, 0.15) is 29.3 Å². The Morgan fingerprint density at radius 2 is 2.33 bits per heavy atom. The van der Waals surface area contributed by atoms with Gasteiger partial charge in [-0.15, -0.1) is 22.7 Å². The summed E-state index contributed by atoms with van der Waals surface area (Å²) in [4.78, 5) is 21.4. The molecule has 2 aromatic heterocycles. The van der Waals surface area contributed by atoms with Crippen LogP contribution in [0.5, 0.6) is 0 Å². The van der Waals surface area contributed by atoms with Crippen molar-refractivity contribution >= 4 is 40.5 Å². The van der Waals surface area contributed by atoms with Crippen molar-refractivity contribution in [3.8, 4) is 0 Å². The summed E-state index contributed by atoms with van der Waals surface area (Å²) in [5, 5.41) is 8.66. The minimum atomic E-state index is -0.144. The molecule has 8 heteroatoms. The largest absolute Gasteiger partial charge is 0.338 e. The summed E-state index contributed by atoms with van der Waals surface area (Å²) in [5.74, 6) is 0.953. The summed E-state index contributed by atoms with van der Waals surface area (Å²) >= 11 is 4.97. The molecule has 0 aliphatic heterocycles. The standard InChI is InChI=1S/C13H18N4OS3/c1-9-8-16-11(21-9)10(2)17-12(18)14-4-3-6-19-13-15-5-7-20-13/h5,7-8,10H,3-4,6H2,1-2H3,(H2,14,17,18)/t10-/m1/s1. The SMILES string of the molecule is Cc1cnc([C@@H](C)NC(=O)NCCCSc2nccs2)s1. The van der Waals surface area contributed by atoms with E-state index in [2.05, 4.69) is 20.6 Å². The van der Waals surface area contributed by atoms with Crippen LogP contribution in [-0.2, 0) is 0 Å². The van der Waals surface area contributed by atoms with Gasteiger partial charge in [0.05, 0.1) is 6.04 Å². The number of rotatable bonds is 7. The minimum Gasteiger partial charge on any atom is -0.338 e. The summed E-state index contributed by atoms with van der Waals surface area (Å²) < 4.78 is 1.08. The first-order chi connectivity index (χ1) is 10.1. The van der Waals surface area contributed by atoms with Gasteiger partial charge < -0.3 is 10.6 Å². The van der Waals surface area contributed by atoms with Crippen molar-refractivity contribution < 1.29 is 4.79 Å². The molecule has 2 amide bonds. The maximum absolute atomic E-state index is 11.8. The lowest BCUT2D eigenvalue weighted by Gasteiger charge is -2.12. The number of urea groups is 1. The lowest BCUT2D eigenvalue weighted by Crippen LogP contribution is -2.37. The summed E-state index contributed by atoms with van der Waals surface area (Å²) in [6.45, 7) is 4.61. The molecular weight excluding hydrogens is 324 g/mol. The Balaban J connectivity index is 1.59. The fraction of sp³-hybridized carbons (Fsp3) is 0.462. The van der Waals surface area contributed by atoms with Crippen molar-refractivity contribution in [1.82, 2.24) is 20.6 Å². The van der Waals surface area contributed by atoms with Crippen LogP contribution < -0.4 is 10.6 Å². The van der Waals surface area contributed by atoms with E-state index in [1.54, 1.807) is 40.6 Å². The smallest absolute Gasteiger partial charge is 0.315 e. The van der Waals surface area contributed by atoms with Crippen LogP contribution in [0, 0.1) is 6.92 Å². The minimum absolute atomic E-state index is 0.0617. The monoisotopic (exact) mass is 342 g/mol. The van der Waals surface area contributed by atoms with Crippen molar-refractivity contribution in [2.45, 2.75) is 30.6 Å². The second-order valence-corrected chi connectivity index (χ2v) is 7.93. The maximum Gasteiger partial charge on any atom is 0.315 e. The molecule has 2 N–H and O–H groups in total. The maximum atomic E-state index is 11.8. The lowest BCUT2D eigenvalue weighted by atomic mass is 10.3. The number of carbonyl (C=O) groups is 1. The molecule has 0 aromatic carbocycles. The average Bonchev–Trinajstić information content (AvgIpc) is 3.09. The highest BCUT2D eigenvalue weighted by atomic mass is 32.2. The lowest BCUT2D eigenvalue weighted by molar-refractivity contribution is 0.238. The molecule has 0 bridgehead atoms. The molecule has 21 heavy (non-hydrogen) atoms. The van der Waals surface area contributed by atoms with E-state index in [0.29, 0.717) is 6.54 Å². The highest BCUT2D eigenvalue weighted by molar-refractivity contribution is 8.00. The van der Waals surface area contributed by atoms with Crippen LogP contribution in [0.2, 0.25) is 0 Å². The Morgan fingerprint density at radius 3 is 3.00 bits per heavy atom. The number of thioether (sulfide) groups is 1. The second kappa shape index (κ2) is 8.35. The van der Waals surface area contributed by atoms with Crippen molar-refractivity contribution in [2.24, 2.45) is 0 Å². The third-order valence-electron chi connectivity index (χ3n) is 2.60. The van der Waals surface area contributed by atoms with E-state index in [-0.39, 0.29) is 12.1 Å². The molecule has 0 fully saturated rings. The first-order valence-electron chi connectivity index (χ1n) is 6.64. The number of nitrogens with one attached hydrogen (secondary N) is 2. The molecule has 2 rings (SSSR count). The summed E-state index contributed by atoms with van der Waals surface area (Å²) in [6, 6.07) is -0.206. The van der Waals surface area contributed by atoms with E-state index in [1.807, 2.05) is 25.4 Å². The molecule has 0 aliphatic carbocycles. The van der Waals surface area contributed by atoms with Gasteiger partial charge in [0.15, 0.2) is 0 Å². The highest BCUT2D eigenvalue weighted by Crippen LogP contribution is 2.20. The van der Waals surface area contributed by atoms with Crippen molar-refractivity contribution in [3.05, 3.63) is 27.7 Å². The van der Waals surface area contributed by atoms with Gasteiger partial charge in [-0.25, -0.2) is 14.8 Å². The van der Waals surface area contributed by atoms with Gasteiger partial charge in [0.25, 0.3) is 0 Å². The third kappa shape index (κ3) is 5.64. The number of thiazole rings is 2. The number of aryl methyl sites for hydroxylation is 1. The van der Waals surface area contributed by atoms with Crippen molar-refractivity contribution in [1.29, 1.82) is 0 Å². The number of hydrogen-bond acceptors (Lipinski definition) is 6. The zero-order valence-corrected chi connectivity index (χ0v) is 14.4. The van der Waals surface area contributed by atoms with Gasteiger partial charge in [-0.1, -0.05) is 11.8 Å². The van der Waals surface area contributed by atoms with E-state index >= 15 is 0 Å². The summed E-state index contributed by atoms with van der Waals surface area (Å²) in [6.07, 6.45) is 4.55. The zero-order chi connectivity index (χ0) is 15.1. The second-order valence-electron chi connectivity index (χ2n) is 4.43. The molecule has 2 aromatic rings. The van der Waals surface area contributed by atoms with Gasteiger partial charge >= 0.3 is 6.03 Å². The normalized spacial score (nSPS) is 12.1. The predicted octanol–water partition coefficient (Wildman–Crippen LogP) is 3.45. The van der Waals surface area contributed by atoms with Crippen LogP contribution >= 0.6 is 34.4 Å². The van der Waals surface area contributed by atoms with Gasteiger partial charge in [-0.05, 0) is 20.3 Å². The average molecular weight is 343 g/mol. The Morgan fingerprint density at radius 1 is 1.48 bits per heavy atom. The van der Waals surface area contributed by atoms with Crippen LogP contribution in [-0.4, -0.2) is 28.3 Å². The van der Waals surface area contributed by atoms with Gasteiger partial charge in [-0.2, -0.15) is 0 Å². The van der Waals surface area contributed by atoms with Crippen molar-refractivity contribution in [2.75, 3.05) is 12.3 Å². The Bertz CT molecular complexity index is 556. The number of aromatic nitrogens is 2. The Kier molecular flexibility index (Phi) is 6.47. The molecule has 0 radical (unpaired) electrons. The fourth-order valence-electron chi connectivity index (χ4n) is 1.60. The first-order valence-corrected chi connectivity index (χ1v) is 9.32. The molecular formula is C13H18N4OS3. The highest BCUT2D eigenvalue weighted by Gasteiger charge is 2.11. The fourth-order valence-corrected chi connectivity index (χ4v) is 4.02. The van der Waals surface area contributed by atoms with Crippen LogP contribution in [0.25, 0.3) is 0 Å². The van der Waals surface area contributed by atoms with Gasteiger partial charge in [-0.3, -0.25) is 0 Å². The Hall–Kier alpha value is -1.12. The number of carbonyl (C=O) groups excluding carboxylic acids is 1. The first kappa shape index (κ1) is 16.3. The number of hydrogen-bond donors (Lipinski definition) is 2. The summed E-state index contributed by atoms with van der Waals surface area (Å²) in [7, 11) is 0. The molecule has 114 valence electrons. The topological polar surface area (TPSA) is 66.9 Å². The van der Waals surface area contributed by atoms with E-state index < -0.39 is 0 Å². The molecule has 2 heterocycles. The van der Waals surface area contributed by atoms with E-state index in [1.165, 1.54) is 0 Å². The van der Waals surface area contributed by atoms with E-state index in [0.717, 1.165) is 26.4 Å². The number of amides is 2. The predicted molar refractivity (Wildman–Crippen MR) is 89.3 cm³/mol. The van der Waals surface area contributed by atoms with Gasteiger partial charge in [0, 0.05) is 34.9 Å². The molecule has 0 saturated carbocycles. The van der Waals surface area contributed by atoms with Crippen LogP contribution in [0.3, 0.4) is 0 Å².